The zero-order valence-corrected chi connectivity index (χ0v) is 11.2. The predicted octanol–water partition coefficient (Wildman–Crippen LogP) is 2.02. The van der Waals surface area contributed by atoms with Crippen LogP contribution in [-0.4, -0.2) is 25.6 Å². The lowest BCUT2D eigenvalue weighted by atomic mass is 10.1. The van der Waals surface area contributed by atoms with E-state index in [0.717, 1.165) is 23.5 Å². The highest BCUT2D eigenvalue weighted by Crippen LogP contribution is 2.27. The van der Waals surface area contributed by atoms with Crippen molar-refractivity contribution in [1.82, 2.24) is 14.6 Å². The Morgan fingerprint density at radius 1 is 1.39 bits per heavy atom. The Kier molecular flexibility index (Phi) is 3.52. The van der Waals surface area contributed by atoms with Gasteiger partial charge in [-0.2, -0.15) is 16.9 Å². The van der Waals surface area contributed by atoms with Crippen LogP contribution in [0.5, 0.6) is 0 Å². The summed E-state index contributed by atoms with van der Waals surface area (Å²) in [4.78, 5) is 4.58. The molecule has 3 heterocycles. The average Bonchev–Trinajstić information content (AvgIpc) is 2.80. The lowest BCUT2D eigenvalue weighted by Crippen LogP contribution is -2.13. The Balaban J connectivity index is 1.79. The lowest BCUT2D eigenvalue weighted by Gasteiger charge is -2.19. The van der Waals surface area contributed by atoms with Crippen LogP contribution in [0.15, 0.2) is 18.3 Å². The Hall–Kier alpha value is -1.07. The number of hydrogen-bond donors (Lipinski definition) is 1. The highest BCUT2D eigenvalue weighted by Gasteiger charge is 2.16. The average molecular weight is 262 g/mol. The predicted molar refractivity (Wildman–Crippen MR) is 74.7 cm³/mol. The van der Waals surface area contributed by atoms with Gasteiger partial charge in [-0.15, -0.1) is 0 Å². The molecule has 3 rings (SSSR count). The minimum absolute atomic E-state index is 0.545. The van der Waals surface area contributed by atoms with Gasteiger partial charge in [-0.3, -0.25) is 0 Å². The van der Waals surface area contributed by atoms with Gasteiger partial charge < -0.3 is 5.73 Å². The fourth-order valence-electron chi connectivity index (χ4n) is 2.35. The first-order valence-electron chi connectivity index (χ1n) is 6.51. The topological polar surface area (TPSA) is 56.2 Å². The van der Waals surface area contributed by atoms with E-state index in [1.807, 2.05) is 22.8 Å². The Morgan fingerprint density at radius 3 is 3.11 bits per heavy atom. The molecule has 2 aromatic heterocycles. The Morgan fingerprint density at radius 2 is 2.33 bits per heavy atom. The van der Waals surface area contributed by atoms with Crippen molar-refractivity contribution in [3.63, 3.8) is 0 Å². The second-order valence-electron chi connectivity index (χ2n) is 4.76. The van der Waals surface area contributed by atoms with Gasteiger partial charge in [0.25, 0.3) is 0 Å². The van der Waals surface area contributed by atoms with Gasteiger partial charge >= 0.3 is 0 Å². The highest BCUT2D eigenvalue weighted by molar-refractivity contribution is 7.99. The molecule has 4 nitrogen and oxygen atoms in total. The number of aromatic nitrogens is 3. The maximum atomic E-state index is 5.63. The molecule has 1 fully saturated rings. The fourth-order valence-corrected chi connectivity index (χ4v) is 3.66. The number of nitrogens with two attached hydrogens (primary N) is 1. The maximum absolute atomic E-state index is 5.63. The van der Waals surface area contributed by atoms with Crippen LogP contribution < -0.4 is 5.73 Å². The molecule has 1 saturated heterocycles. The molecule has 0 saturated carbocycles. The van der Waals surface area contributed by atoms with E-state index in [1.54, 1.807) is 0 Å². The molecule has 1 aliphatic rings. The second-order valence-corrected chi connectivity index (χ2v) is 6.17. The van der Waals surface area contributed by atoms with Crippen molar-refractivity contribution < 1.29 is 0 Å². The zero-order chi connectivity index (χ0) is 12.4. The fraction of sp³-hybridized carbons (Fsp3) is 0.538. The molecule has 0 aliphatic carbocycles. The SMILES string of the molecule is NCc1ccc2nc(CC3CCCCS3)nn2c1. The molecule has 1 unspecified atom stereocenters. The summed E-state index contributed by atoms with van der Waals surface area (Å²) in [7, 11) is 0. The van der Waals surface area contributed by atoms with Gasteiger partial charge in [0.15, 0.2) is 11.5 Å². The van der Waals surface area contributed by atoms with Crippen LogP contribution in [0, 0.1) is 0 Å². The molecule has 0 spiro atoms. The largest absolute Gasteiger partial charge is 0.326 e. The van der Waals surface area contributed by atoms with Crippen molar-refractivity contribution in [2.24, 2.45) is 5.73 Å². The van der Waals surface area contributed by atoms with E-state index in [-0.39, 0.29) is 0 Å². The first-order valence-corrected chi connectivity index (χ1v) is 7.56. The van der Waals surface area contributed by atoms with E-state index in [0.29, 0.717) is 11.8 Å². The molecule has 1 atom stereocenters. The third-order valence-corrected chi connectivity index (χ3v) is 4.75. The number of nitrogens with zero attached hydrogens (tertiary/aromatic N) is 3. The van der Waals surface area contributed by atoms with Gasteiger partial charge in [0.1, 0.15) is 0 Å². The van der Waals surface area contributed by atoms with Gasteiger partial charge in [0, 0.05) is 24.4 Å². The summed E-state index contributed by atoms with van der Waals surface area (Å²) in [5, 5.41) is 5.25. The van der Waals surface area contributed by atoms with Crippen LogP contribution >= 0.6 is 11.8 Å². The second kappa shape index (κ2) is 5.28. The number of fused-ring (bicyclic) bond motifs is 1. The summed E-state index contributed by atoms with van der Waals surface area (Å²) in [5.41, 5.74) is 7.64. The molecule has 0 radical (unpaired) electrons. The molecule has 0 bridgehead atoms. The van der Waals surface area contributed by atoms with E-state index < -0.39 is 0 Å². The van der Waals surface area contributed by atoms with Crippen molar-refractivity contribution >= 4 is 17.4 Å². The van der Waals surface area contributed by atoms with Crippen LogP contribution in [0.1, 0.15) is 30.7 Å². The van der Waals surface area contributed by atoms with Gasteiger partial charge in [0.05, 0.1) is 0 Å². The first-order chi connectivity index (χ1) is 8.85. The van der Waals surface area contributed by atoms with Crippen molar-refractivity contribution in [2.45, 2.75) is 37.5 Å². The minimum atomic E-state index is 0.545. The van der Waals surface area contributed by atoms with E-state index in [9.17, 15) is 0 Å². The summed E-state index contributed by atoms with van der Waals surface area (Å²) in [6.07, 6.45) is 6.97. The first kappa shape index (κ1) is 12.0. The minimum Gasteiger partial charge on any atom is -0.326 e. The third kappa shape index (κ3) is 2.52. The molecule has 2 aromatic rings. The third-order valence-electron chi connectivity index (χ3n) is 3.36. The highest BCUT2D eigenvalue weighted by atomic mass is 32.2. The molecule has 2 N–H and O–H groups in total. The van der Waals surface area contributed by atoms with E-state index in [4.69, 9.17) is 5.73 Å². The molecule has 5 heteroatoms. The van der Waals surface area contributed by atoms with Crippen molar-refractivity contribution in [3.05, 3.63) is 29.7 Å². The maximum Gasteiger partial charge on any atom is 0.155 e. The summed E-state index contributed by atoms with van der Waals surface area (Å²) >= 11 is 2.07. The van der Waals surface area contributed by atoms with Crippen LogP contribution in [0.4, 0.5) is 0 Å². The van der Waals surface area contributed by atoms with Crippen molar-refractivity contribution in [2.75, 3.05) is 5.75 Å². The van der Waals surface area contributed by atoms with E-state index in [2.05, 4.69) is 21.8 Å². The Bertz CT molecular complexity index is 531. The van der Waals surface area contributed by atoms with Crippen molar-refractivity contribution in [1.29, 1.82) is 0 Å². The van der Waals surface area contributed by atoms with Crippen LogP contribution in [0.2, 0.25) is 0 Å². The van der Waals surface area contributed by atoms with Gasteiger partial charge in [-0.05, 0) is 30.2 Å². The van der Waals surface area contributed by atoms with E-state index in [1.165, 1.54) is 25.0 Å². The normalized spacial score (nSPS) is 20.4. The standard InChI is InChI=1S/C13H18N4S/c14-8-10-4-5-13-15-12(16-17(13)9-10)7-11-3-1-2-6-18-11/h4-5,9,11H,1-3,6-8,14H2. The molecule has 0 amide bonds. The van der Waals surface area contributed by atoms with Crippen LogP contribution in [-0.2, 0) is 13.0 Å². The summed E-state index contributed by atoms with van der Waals surface area (Å²) < 4.78 is 1.85. The monoisotopic (exact) mass is 262 g/mol. The van der Waals surface area contributed by atoms with Crippen LogP contribution in [0.3, 0.4) is 0 Å². The zero-order valence-electron chi connectivity index (χ0n) is 10.4. The molecular weight excluding hydrogens is 244 g/mol. The van der Waals surface area contributed by atoms with E-state index >= 15 is 0 Å². The Labute approximate surface area is 111 Å². The number of thioether (sulfide) groups is 1. The van der Waals surface area contributed by atoms with Gasteiger partial charge in [-0.25, -0.2) is 9.50 Å². The number of hydrogen-bond acceptors (Lipinski definition) is 4. The smallest absolute Gasteiger partial charge is 0.155 e. The number of pyridine rings is 1. The summed E-state index contributed by atoms with van der Waals surface area (Å²) in [5.74, 6) is 2.25. The molecular formula is C13H18N4S. The summed E-state index contributed by atoms with van der Waals surface area (Å²) in [6, 6.07) is 4.01. The van der Waals surface area contributed by atoms with Gasteiger partial charge in [0.2, 0.25) is 0 Å². The molecule has 96 valence electrons. The molecule has 1 aliphatic heterocycles. The summed E-state index contributed by atoms with van der Waals surface area (Å²) in [6.45, 7) is 0.545. The van der Waals surface area contributed by atoms with Gasteiger partial charge in [-0.1, -0.05) is 12.5 Å². The van der Waals surface area contributed by atoms with Crippen molar-refractivity contribution in [3.8, 4) is 0 Å². The molecule has 18 heavy (non-hydrogen) atoms. The molecule has 0 aromatic carbocycles. The van der Waals surface area contributed by atoms with Crippen LogP contribution in [0.25, 0.3) is 5.65 Å². The lowest BCUT2D eigenvalue weighted by molar-refractivity contribution is 0.647. The quantitative estimate of drug-likeness (QED) is 0.919. The number of rotatable bonds is 3.